The Balaban J connectivity index is -0.0000000800. The summed E-state index contributed by atoms with van der Waals surface area (Å²) in [6, 6.07) is 0. The first kappa shape index (κ1) is 15.9. The van der Waals surface area contributed by atoms with Crippen molar-refractivity contribution >= 4 is 37.7 Å². The summed E-state index contributed by atoms with van der Waals surface area (Å²) in [5.41, 5.74) is 0. The van der Waals surface area contributed by atoms with Gasteiger partial charge in [-0.2, -0.15) is 0 Å². The van der Waals surface area contributed by atoms with Gasteiger partial charge >= 0.3 is 78.7 Å². The maximum absolute atomic E-state index is 2.30. The molecule has 7 heavy (non-hydrogen) atoms. The zero-order chi connectivity index (χ0) is 4.12. The van der Waals surface area contributed by atoms with Gasteiger partial charge in [-0.25, -0.2) is 0 Å². The molecule has 0 bridgehead atoms. The van der Waals surface area contributed by atoms with E-state index in [1.54, 1.807) is 0 Å². The van der Waals surface area contributed by atoms with Gasteiger partial charge in [-0.05, 0) is 0 Å². The summed E-state index contributed by atoms with van der Waals surface area (Å²) in [5, 5.41) is 3.06. The van der Waals surface area contributed by atoms with Crippen molar-refractivity contribution in [3.05, 3.63) is 0 Å². The van der Waals surface area contributed by atoms with Crippen LogP contribution >= 0.6 is 0 Å². The second-order valence-electron chi connectivity index (χ2n) is 1.35. The third-order valence-corrected chi connectivity index (χ3v) is 3.67. The Bertz CT molecular complexity index is 19.2. The summed E-state index contributed by atoms with van der Waals surface area (Å²) in [6.45, 7) is 4.59. The molecule has 0 heterocycles. The Labute approximate surface area is 83.8 Å². The van der Waals surface area contributed by atoms with E-state index in [0.29, 0.717) is 0 Å². The fourth-order valence-electron chi connectivity index (χ4n) is 0.354. The Kier molecular flexibility index (Phi) is 35.6. The van der Waals surface area contributed by atoms with Crippen molar-refractivity contribution in [1.82, 2.24) is 6.15 Å². The number of hydrogen-bond donors (Lipinski definition) is 1. The summed E-state index contributed by atoms with van der Waals surface area (Å²) in [6.07, 6.45) is 0. The molecule has 0 aliphatic carbocycles. The fraction of sp³-hybridized carbons (Fsp3) is 1.00. The molecule has 0 spiro atoms. The van der Waals surface area contributed by atoms with E-state index in [4.69, 9.17) is 0 Å². The molecule has 0 aromatic carbocycles. The fourth-order valence-corrected chi connectivity index (χ4v) is 1.84. The third-order valence-electron chi connectivity index (χ3n) is 0.707. The molecule has 0 rings (SSSR count). The van der Waals surface area contributed by atoms with Gasteiger partial charge in [0.05, 0.1) is 0 Å². The first-order valence-corrected chi connectivity index (χ1v) is 6.61. The maximum atomic E-state index is 2.30. The van der Waals surface area contributed by atoms with Crippen LogP contribution in [0.1, 0.15) is 13.8 Å². The molecular weight excluding hydrogens is 168 g/mol. The first-order valence-electron chi connectivity index (χ1n) is 2.41. The van der Waals surface area contributed by atoms with Crippen LogP contribution in [0.3, 0.4) is 0 Å². The van der Waals surface area contributed by atoms with Gasteiger partial charge in [0.15, 0.2) is 0 Å². The molecule has 40 valence electrons. The van der Waals surface area contributed by atoms with Gasteiger partial charge in [-0.3, -0.25) is 0 Å². The minimum absolute atomic E-state index is 0. The van der Waals surface area contributed by atoms with Crippen molar-refractivity contribution in [3.8, 4) is 0 Å². The van der Waals surface area contributed by atoms with E-state index in [0.717, 1.165) is 0 Å². The van der Waals surface area contributed by atoms with Crippen LogP contribution in [0.5, 0.6) is 0 Å². The molecule has 0 aliphatic heterocycles. The van der Waals surface area contributed by atoms with Crippen molar-refractivity contribution in [2.45, 2.75) is 23.9 Å². The van der Waals surface area contributed by atoms with Crippen LogP contribution in [0.4, 0.5) is 0 Å². The van der Waals surface area contributed by atoms with Crippen molar-refractivity contribution in [2.75, 3.05) is 0 Å². The van der Waals surface area contributed by atoms with Crippen molar-refractivity contribution in [2.24, 2.45) is 0 Å². The molecule has 0 fully saturated rings. The Hall–Kier alpha value is 1.84. The summed E-state index contributed by atoms with van der Waals surface area (Å²) in [4.78, 5) is 0. The third kappa shape index (κ3) is 18.1. The number of rotatable bonds is 2. The summed E-state index contributed by atoms with van der Waals surface area (Å²) in [7, 11) is 0. The number of hydrogen-bond acceptors (Lipinski definition) is 1. The predicted molar refractivity (Wildman–Crippen MR) is 34.5 cm³/mol. The molecule has 0 aromatic rings. The van der Waals surface area contributed by atoms with Gasteiger partial charge in [0.1, 0.15) is 0 Å². The molecule has 0 amide bonds. The van der Waals surface area contributed by atoms with E-state index in [1.807, 2.05) is 0 Å². The topological polar surface area (TPSA) is 35.0 Å². The normalized spacial score (nSPS) is 4.86. The molecule has 0 saturated carbocycles. The zero-order valence-electron chi connectivity index (χ0n) is 4.83. The molecule has 0 atom stereocenters. The molecule has 0 aliphatic rings. The average molecular weight is 183 g/mol. The summed E-state index contributed by atoms with van der Waals surface area (Å²) >= 11 is 0.0972. The molecular formula is C4H15CaNZn. The Morgan fingerprint density at radius 2 is 1.43 bits per heavy atom. The molecule has 3 heteroatoms. The zero-order valence-corrected chi connectivity index (χ0v) is 7.80. The van der Waals surface area contributed by atoms with Crippen LogP contribution in [-0.4, -0.2) is 37.7 Å². The summed E-state index contributed by atoms with van der Waals surface area (Å²) in [5.74, 6) is 0. The summed E-state index contributed by atoms with van der Waals surface area (Å²) < 4.78 is 0. The minimum atomic E-state index is 0. The van der Waals surface area contributed by atoms with Crippen molar-refractivity contribution < 1.29 is 17.1 Å². The van der Waals surface area contributed by atoms with E-state index < -0.39 is 0 Å². The van der Waals surface area contributed by atoms with Gasteiger partial charge in [0, 0.05) is 0 Å². The van der Waals surface area contributed by atoms with Crippen LogP contribution < -0.4 is 6.15 Å². The quantitative estimate of drug-likeness (QED) is 0.640. The first-order chi connectivity index (χ1) is 2.41. The van der Waals surface area contributed by atoms with E-state index in [1.165, 1.54) is 10.0 Å². The van der Waals surface area contributed by atoms with Crippen LogP contribution in [0.25, 0.3) is 0 Å². The average Bonchev–Trinajstić information content (AvgIpc) is 1.41. The standard InChI is InChI=1S/2C2H5.Ca.H3N.Zn.2H/c2*1-2;;;;;/h2*1H2,2H3;;1H3;;;. The van der Waals surface area contributed by atoms with Gasteiger partial charge in [0.2, 0.25) is 0 Å². The SMILES string of the molecule is C[CH2][Zn][CH2]C.N.[CaH2]. The van der Waals surface area contributed by atoms with Gasteiger partial charge < -0.3 is 6.15 Å². The van der Waals surface area contributed by atoms with Gasteiger partial charge in [-0.15, -0.1) is 0 Å². The van der Waals surface area contributed by atoms with Crippen LogP contribution in [0, 0.1) is 0 Å². The molecule has 0 aromatic heterocycles. The second kappa shape index (κ2) is 15.7. The van der Waals surface area contributed by atoms with Crippen molar-refractivity contribution in [3.63, 3.8) is 0 Å². The van der Waals surface area contributed by atoms with E-state index in [2.05, 4.69) is 13.8 Å². The molecule has 3 N–H and O–H groups in total. The molecule has 0 saturated heterocycles. The molecule has 0 radical (unpaired) electrons. The molecule has 0 unspecified atom stereocenters. The monoisotopic (exact) mass is 181 g/mol. The predicted octanol–water partition coefficient (Wildman–Crippen LogP) is 1.19. The van der Waals surface area contributed by atoms with Crippen LogP contribution in [-0.2, 0) is 17.1 Å². The Morgan fingerprint density at radius 1 is 1.14 bits per heavy atom. The van der Waals surface area contributed by atoms with Crippen molar-refractivity contribution in [1.29, 1.82) is 0 Å². The van der Waals surface area contributed by atoms with Gasteiger partial charge in [-0.1, -0.05) is 0 Å². The molecule has 1 nitrogen and oxygen atoms in total. The van der Waals surface area contributed by atoms with Gasteiger partial charge in [0.25, 0.3) is 0 Å². The van der Waals surface area contributed by atoms with E-state index >= 15 is 0 Å². The van der Waals surface area contributed by atoms with Crippen LogP contribution in [0.2, 0.25) is 10.0 Å². The Morgan fingerprint density at radius 3 is 1.43 bits per heavy atom. The van der Waals surface area contributed by atoms with E-state index in [-0.39, 0.29) is 61.0 Å². The van der Waals surface area contributed by atoms with Crippen LogP contribution in [0.15, 0.2) is 0 Å². The van der Waals surface area contributed by atoms with E-state index in [9.17, 15) is 0 Å². The second-order valence-corrected chi connectivity index (χ2v) is 7.03.